The van der Waals surface area contributed by atoms with Gasteiger partial charge in [-0.25, -0.2) is 4.98 Å². The molecule has 0 aliphatic heterocycles. The molecule has 8 N–H and O–H groups in total. The molecule has 3 heterocycles. The highest BCUT2D eigenvalue weighted by atomic mass is 35.5. The molecule has 0 saturated carbocycles. The number of carbonyl (C=O) groups is 1. The Labute approximate surface area is 471 Å². The monoisotopic (exact) mass is 1250 g/mol. The molecule has 8 rings (SSSR count). The molecule has 27 nitrogen and oxygen atoms in total. The number of halogens is 2. The molecule has 0 aliphatic rings. The van der Waals surface area contributed by atoms with Gasteiger partial charge in [0.25, 0.3) is 56.5 Å². The molecular formula is C46H29Cl2N11O16S6. The second-order valence-corrected chi connectivity index (χ2v) is 25.2. The van der Waals surface area contributed by atoms with Crippen molar-refractivity contribution in [3.63, 3.8) is 0 Å². The van der Waals surface area contributed by atoms with E-state index in [2.05, 4.69) is 46.4 Å². The molecule has 0 bridgehead atoms. The predicted octanol–water partition coefficient (Wildman–Crippen LogP) is 10.5. The van der Waals surface area contributed by atoms with Gasteiger partial charge in [-0.05, 0) is 97.4 Å². The molecule has 81 heavy (non-hydrogen) atoms. The van der Waals surface area contributed by atoms with Crippen LogP contribution in [0.2, 0.25) is 10.0 Å². The van der Waals surface area contributed by atoms with E-state index in [4.69, 9.17) is 23.2 Å². The summed E-state index contributed by atoms with van der Waals surface area (Å²) in [4.78, 5) is 16.3. The summed E-state index contributed by atoms with van der Waals surface area (Å²) in [6, 6.07) is 21.6. The van der Waals surface area contributed by atoms with Gasteiger partial charge in [-0.3, -0.25) is 32.5 Å². The SMILES string of the molecule is Cc1c(C#N)c(Nc2ccc(Cl)c(S(=O)(=O)O)c2)nc(Nc2ccc(Cl)c(S(=O)(=O)O)c2)c1N=Nc1sc(N=Nc2cc(S(=O)(=O)O)c3cc(S(=O)(=O)O)cc(S(=O)(=O)O)c3c2)c(-c2ccc(NC(=O)c3cccnc3)cc2)c1C#N. The molecule has 35 heteroatoms. The number of fused-ring (bicyclic) bond motifs is 1. The Morgan fingerprint density at radius 3 is 1.65 bits per heavy atom. The summed E-state index contributed by atoms with van der Waals surface area (Å²) in [5.41, 5.74) is -1.06. The summed E-state index contributed by atoms with van der Waals surface area (Å²) in [5, 5.41) is 43.7. The van der Waals surface area contributed by atoms with Gasteiger partial charge in [-0.1, -0.05) is 46.7 Å². The minimum atomic E-state index is -5.44. The first-order valence-corrected chi connectivity index (χ1v) is 30.4. The number of nitriles is 2. The van der Waals surface area contributed by atoms with E-state index in [0.717, 1.165) is 30.3 Å². The lowest BCUT2D eigenvalue weighted by Crippen LogP contribution is -2.11. The first-order chi connectivity index (χ1) is 37.8. The highest BCUT2D eigenvalue weighted by Crippen LogP contribution is 2.49. The van der Waals surface area contributed by atoms with Crippen LogP contribution < -0.4 is 16.0 Å². The molecule has 8 aromatic rings. The van der Waals surface area contributed by atoms with Crippen LogP contribution in [0.1, 0.15) is 27.0 Å². The van der Waals surface area contributed by atoms with E-state index in [9.17, 15) is 80.2 Å². The number of nitrogens with one attached hydrogen (secondary N) is 3. The zero-order valence-electron chi connectivity index (χ0n) is 39.9. The minimum Gasteiger partial charge on any atom is -0.339 e. The van der Waals surface area contributed by atoms with E-state index in [1.807, 2.05) is 12.1 Å². The van der Waals surface area contributed by atoms with Crippen molar-refractivity contribution in [3.05, 3.63) is 142 Å². The topological polar surface area (TPSA) is 448 Å². The molecule has 0 atom stereocenters. The Hall–Kier alpha value is -8.26. The Kier molecular flexibility index (Phi) is 16.2. The van der Waals surface area contributed by atoms with Crippen LogP contribution in [-0.2, 0) is 50.6 Å². The molecule has 0 unspecified atom stereocenters. The van der Waals surface area contributed by atoms with Crippen LogP contribution in [0.3, 0.4) is 0 Å². The predicted molar refractivity (Wildman–Crippen MR) is 291 cm³/mol. The molecule has 0 aliphatic carbocycles. The number of hydrogen-bond acceptors (Lipinski definition) is 22. The summed E-state index contributed by atoms with van der Waals surface area (Å²) in [6.45, 7) is 1.36. The lowest BCUT2D eigenvalue weighted by atomic mass is 10.0. The van der Waals surface area contributed by atoms with Crippen LogP contribution in [0.4, 0.5) is 50.1 Å². The Morgan fingerprint density at radius 1 is 0.593 bits per heavy atom. The first kappa shape index (κ1) is 58.9. The molecular weight excluding hydrogens is 1230 g/mol. The summed E-state index contributed by atoms with van der Waals surface area (Å²) in [5.74, 6) is -1.17. The summed E-state index contributed by atoms with van der Waals surface area (Å²) in [7, 11) is -25.9. The number of anilines is 5. The zero-order chi connectivity index (χ0) is 59.1. The molecule has 0 saturated heterocycles. The van der Waals surface area contributed by atoms with E-state index in [0.29, 0.717) is 29.5 Å². The molecule has 0 radical (unpaired) electrons. The number of aromatic nitrogens is 2. The normalized spacial score (nSPS) is 12.4. The standard InChI is InChI=1S/C46H29Cl2N11O16S6/c1-22-32(19-49)42(52-26-8-10-34(47)38(14-26)80(70,71)72)55-43(53-27-9-11-35(48)39(15-27)81(73,74)75)41(22)57-58-45-33(20-50)40(23-4-6-25(7-5-23)54-44(60)24-3-2-12-51-21-24)46(76-45)59-56-28-13-30-31(36(16-28)78(64,65)66)17-29(77(61,62)63)18-37(30)79(67,68)69/h2-18,21H,1H3,(H,54,60)(H2,52,53,55)(H,61,62,63)(H,64,65,66)(H,67,68,69)(H,70,71,72)(H,73,74,75). The number of pyridine rings is 2. The maximum absolute atomic E-state index is 13.0. The first-order valence-electron chi connectivity index (χ1n) is 21.6. The van der Waals surface area contributed by atoms with E-state index >= 15 is 0 Å². The van der Waals surface area contributed by atoms with E-state index in [1.54, 1.807) is 6.07 Å². The van der Waals surface area contributed by atoms with Gasteiger partial charge in [0.1, 0.15) is 48.0 Å². The van der Waals surface area contributed by atoms with Crippen LogP contribution in [0.5, 0.6) is 0 Å². The van der Waals surface area contributed by atoms with Crippen molar-refractivity contribution in [2.75, 3.05) is 16.0 Å². The van der Waals surface area contributed by atoms with Crippen molar-refractivity contribution in [2.24, 2.45) is 20.5 Å². The van der Waals surface area contributed by atoms with Gasteiger partial charge >= 0.3 is 0 Å². The second-order valence-electron chi connectivity index (χ2n) is 16.4. The quantitative estimate of drug-likeness (QED) is 0.0329. The van der Waals surface area contributed by atoms with Gasteiger partial charge in [0.05, 0.1) is 31.8 Å². The van der Waals surface area contributed by atoms with Crippen LogP contribution in [0, 0.1) is 29.6 Å². The van der Waals surface area contributed by atoms with Crippen molar-refractivity contribution in [3.8, 4) is 23.3 Å². The number of benzene rings is 5. The van der Waals surface area contributed by atoms with Crippen LogP contribution in [-0.4, -0.2) is 80.7 Å². The lowest BCUT2D eigenvalue weighted by Gasteiger charge is -2.16. The lowest BCUT2D eigenvalue weighted by molar-refractivity contribution is 0.102. The highest BCUT2D eigenvalue weighted by Gasteiger charge is 2.28. The number of nitrogens with zero attached hydrogens (tertiary/aromatic N) is 8. The largest absolute Gasteiger partial charge is 0.339 e. The summed E-state index contributed by atoms with van der Waals surface area (Å²) >= 11 is 12.7. The van der Waals surface area contributed by atoms with Crippen LogP contribution in [0.15, 0.2) is 154 Å². The smallest absolute Gasteiger partial charge is 0.296 e. The maximum atomic E-state index is 13.0. The van der Waals surface area contributed by atoms with Crippen molar-refractivity contribution in [2.45, 2.75) is 31.4 Å². The third-order valence-electron chi connectivity index (χ3n) is 11.1. The second kappa shape index (κ2) is 22.3. The molecule has 3 aromatic heterocycles. The fraction of sp³-hybridized carbons (Fsp3) is 0.0217. The van der Waals surface area contributed by atoms with Crippen molar-refractivity contribution < 1.29 is 69.6 Å². The van der Waals surface area contributed by atoms with Gasteiger partial charge < -0.3 is 16.0 Å². The molecule has 414 valence electrons. The number of carbonyl (C=O) groups excluding carboxylic acids is 1. The zero-order valence-corrected chi connectivity index (χ0v) is 46.3. The summed E-state index contributed by atoms with van der Waals surface area (Å²) in [6.07, 6.45) is 2.78. The number of azo groups is 2. The third-order valence-corrected chi connectivity index (χ3v) is 17.4. The molecule has 1 amide bonds. The fourth-order valence-corrected chi connectivity index (χ4v) is 12.5. The molecule has 0 fully saturated rings. The highest BCUT2D eigenvalue weighted by molar-refractivity contribution is 7.87. The molecule has 0 spiro atoms. The van der Waals surface area contributed by atoms with Gasteiger partial charge in [0, 0.05) is 51.4 Å². The van der Waals surface area contributed by atoms with Gasteiger partial charge in [0.2, 0.25) is 0 Å². The minimum absolute atomic E-state index is 0.0350. The Morgan fingerprint density at radius 2 is 1.12 bits per heavy atom. The van der Waals surface area contributed by atoms with Crippen molar-refractivity contribution in [1.29, 1.82) is 10.5 Å². The van der Waals surface area contributed by atoms with E-state index < -0.39 is 102 Å². The average molecular weight is 1260 g/mol. The Bertz CT molecular complexity index is 4730. The molecule has 5 aromatic carbocycles. The van der Waals surface area contributed by atoms with E-state index in [1.165, 1.54) is 61.8 Å². The maximum Gasteiger partial charge on any atom is 0.296 e. The van der Waals surface area contributed by atoms with Crippen LogP contribution >= 0.6 is 34.5 Å². The number of thiophene rings is 1. The van der Waals surface area contributed by atoms with Crippen LogP contribution in [0.25, 0.3) is 21.9 Å². The Balaban J connectivity index is 1.32. The summed E-state index contributed by atoms with van der Waals surface area (Å²) < 4.78 is 173. The fourth-order valence-electron chi connectivity index (χ4n) is 7.49. The van der Waals surface area contributed by atoms with Gasteiger partial charge in [-0.2, -0.15) is 52.6 Å². The van der Waals surface area contributed by atoms with Crippen molar-refractivity contribution >= 4 is 152 Å². The van der Waals surface area contributed by atoms with Crippen molar-refractivity contribution in [1.82, 2.24) is 9.97 Å². The van der Waals surface area contributed by atoms with Gasteiger partial charge in [-0.15, -0.1) is 20.5 Å². The number of hydrogen-bond donors (Lipinski definition) is 8. The van der Waals surface area contributed by atoms with E-state index in [-0.39, 0.29) is 82.8 Å². The van der Waals surface area contributed by atoms with Gasteiger partial charge in [0.15, 0.2) is 16.6 Å². The average Bonchev–Trinajstić information content (AvgIpc) is 3.38. The number of amides is 1. The third kappa shape index (κ3) is 13.0. The number of rotatable bonds is 16.